The number of ether oxygens (including phenoxy) is 1. The van der Waals surface area contributed by atoms with Gasteiger partial charge < -0.3 is 4.74 Å². The zero-order valence-electron chi connectivity index (χ0n) is 13.9. The van der Waals surface area contributed by atoms with Gasteiger partial charge in [0, 0.05) is 22.7 Å². The molecule has 2 aromatic rings. The molecule has 1 amide bonds. The lowest BCUT2D eigenvalue weighted by Crippen LogP contribution is -2.34. The van der Waals surface area contributed by atoms with Gasteiger partial charge in [-0.15, -0.1) is 0 Å². The monoisotopic (exact) mass is 395 g/mol. The zero-order valence-corrected chi connectivity index (χ0v) is 15.4. The van der Waals surface area contributed by atoms with Crippen LogP contribution >= 0.6 is 23.2 Å². The number of nitro benzene ring substituents is 1. The van der Waals surface area contributed by atoms with Crippen LogP contribution in [-0.4, -0.2) is 22.6 Å². The molecule has 0 saturated carbocycles. The number of carbonyl (C=O) groups is 1. The molecule has 1 N–H and O–H groups in total. The zero-order chi connectivity index (χ0) is 19.3. The van der Waals surface area contributed by atoms with E-state index in [-0.39, 0.29) is 10.7 Å². The highest BCUT2D eigenvalue weighted by atomic mass is 35.5. The van der Waals surface area contributed by atoms with Crippen LogP contribution in [0.4, 0.5) is 5.69 Å². The maximum Gasteiger partial charge on any atom is 0.280 e. The summed E-state index contributed by atoms with van der Waals surface area (Å²) in [5.74, 6) is -0.182. The fraction of sp³-hybridized carbons (Fsp3) is 0.176. The van der Waals surface area contributed by atoms with Crippen LogP contribution < -0.4 is 10.2 Å². The van der Waals surface area contributed by atoms with Gasteiger partial charge in [0.2, 0.25) is 0 Å². The van der Waals surface area contributed by atoms with Gasteiger partial charge in [0.25, 0.3) is 11.6 Å². The molecule has 0 radical (unpaired) electrons. The van der Waals surface area contributed by atoms with Crippen molar-refractivity contribution >= 4 is 40.5 Å². The molecule has 2 aromatic carbocycles. The smallest absolute Gasteiger partial charge is 0.280 e. The van der Waals surface area contributed by atoms with E-state index < -0.39 is 16.9 Å². The quantitative estimate of drug-likeness (QED) is 0.450. The number of halogens is 2. The van der Waals surface area contributed by atoms with Crippen molar-refractivity contribution < 1.29 is 14.5 Å². The van der Waals surface area contributed by atoms with E-state index in [0.717, 1.165) is 0 Å². The maximum absolute atomic E-state index is 12.1. The van der Waals surface area contributed by atoms with Gasteiger partial charge in [0.05, 0.1) is 15.7 Å². The van der Waals surface area contributed by atoms with E-state index in [0.29, 0.717) is 22.0 Å². The van der Waals surface area contributed by atoms with Crippen LogP contribution in [0.5, 0.6) is 5.75 Å². The van der Waals surface area contributed by atoms with Crippen molar-refractivity contribution in [2.75, 3.05) is 0 Å². The SMILES string of the molecule is CC(=NNC(=O)C(C)Oc1ccc(Cl)cc1Cl)c1cccc([N+](=O)[O-])c1. The van der Waals surface area contributed by atoms with Crippen molar-refractivity contribution in [2.24, 2.45) is 5.10 Å². The first kappa shape index (κ1) is 19.7. The summed E-state index contributed by atoms with van der Waals surface area (Å²) < 4.78 is 5.49. The van der Waals surface area contributed by atoms with Crippen LogP contribution in [0, 0.1) is 10.1 Å². The number of nitrogens with one attached hydrogen (secondary N) is 1. The molecule has 0 spiro atoms. The predicted octanol–water partition coefficient (Wildman–Crippen LogP) is 4.21. The number of nitrogens with zero attached hydrogens (tertiary/aromatic N) is 2. The standard InChI is InChI=1S/C17H15Cl2N3O4/c1-10(12-4-3-5-14(8-12)22(24)25)20-21-17(23)11(2)26-16-7-6-13(18)9-15(16)19/h3-9,11H,1-2H3,(H,21,23). The van der Waals surface area contributed by atoms with Crippen molar-refractivity contribution in [2.45, 2.75) is 20.0 Å². The average Bonchev–Trinajstić information content (AvgIpc) is 2.61. The van der Waals surface area contributed by atoms with E-state index in [2.05, 4.69) is 10.5 Å². The minimum Gasteiger partial charge on any atom is -0.479 e. The number of hydrazone groups is 1. The minimum atomic E-state index is -0.865. The van der Waals surface area contributed by atoms with Gasteiger partial charge in [0.1, 0.15) is 5.75 Å². The van der Waals surface area contributed by atoms with Crippen molar-refractivity contribution in [3.63, 3.8) is 0 Å². The van der Waals surface area contributed by atoms with E-state index in [4.69, 9.17) is 27.9 Å². The summed E-state index contributed by atoms with van der Waals surface area (Å²) in [5.41, 5.74) is 3.25. The molecule has 0 aliphatic heterocycles. The fourth-order valence-electron chi connectivity index (χ4n) is 1.95. The number of benzene rings is 2. The number of carbonyl (C=O) groups excluding carboxylic acids is 1. The van der Waals surface area contributed by atoms with E-state index in [1.165, 1.54) is 18.2 Å². The Bertz CT molecular complexity index is 871. The number of amides is 1. The second-order valence-corrected chi connectivity index (χ2v) is 6.16. The second-order valence-electron chi connectivity index (χ2n) is 5.32. The summed E-state index contributed by atoms with van der Waals surface area (Å²) in [5, 5.41) is 15.5. The second kappa shape index (κ2) is 8.64. The van der Waals surface area contributed by atoms with Crippen LogP contribution in [0.1, 0.15) is 19.4 Å². The predicted molar refractivity (Wildman–Crippen MR) is 100 cm³/mol. The Hall–Kier alpha value is -2.64. The van der Waals surface area contributed by atoms with Crippen molar-refractivity contribution in [3.05, 3.63) is 68.2 Å². The number of non-ortho nitro benzene ring substituents is 1. The molecule has 136 valence electrons. The maximum atomic E-state index is 12.1. The molecule has 0 saturated heterocycles. The van der Waals surface area contributed by atoms with Crippen LogP contribution in [0.15, 0.2) is 47.6 Å². The third-order valence-electron chi connectivity index (χ3n) is 3.38. The Morgan fingerprint density at radius 2 is 2.00 bits per heavy atom. The molecule has 26 heavy (non-hydrogen) atoms. The van der Waals surface area contributed by atoms with Crippen molar-refractivity contribution in [1.29, 1.82) is 0 Å². The molecular weight excluding hydrogens is 381 g/mol. The van der Waals surface area contributed by atoms with Crippen molar-refractivity contribution in [1.82, 2.24) is 5.43 Å². The summed E-state index contributed by atoms with van der Waals surface area (Å²) in [4.78, 5) is 22.4. The average molecular weight is 396 g/mol. The summed E-state index contributed by atoms with van der Waals surface area (Å²) in [7, 11) is 0. The van der Waals surface area contributed by atoms with E-state index >= 15 is 0 Å². The lowest BCUT2D eigenvalue weighted by Gasteiger charge is -2.14. The Morgan fingerprint density at radius 3 is 2.65 bits per heavy atom. The molecule has 1 atom stereocenters. The summed E-state index contributed by atoms with van der Waals surface area (Å²) in [6.07, 6.45) is -0.865. The largest absolute Gasteiger partial charge is 0.479 e. The van der Waals surface area contributed by atoms with Gasteiger partial charge in [-0.1, -0.05) is 35.3 Å². The molecule has 2 rings (SSSR count). The number of rotatable bonds is 6. The lowest BCUT2D eigenvalue weighted by molar-refractivity contribution is -0.384. The van der Waals surface area contributed by atoms with Crippen molar-refractivity contribution in [3.8, 4) is 5.75 Å². The third kappa shape index (κ3) is 5.18. The number of nitro groups is 1. The first-order valence-corrected chi connectivity index (χ1v) is 8.24. The van der Waals surface area contributed by atoms with Gasteiger partial charge in [-0.3, -0.25) is 14.9 Å². The minimum absolute atomic E-state index is 0.0579. The Morgan fingerprint density at radius 1 is 1.27 bits per heavy atom. The molecule has 0 bridgehead atoms. The summed E-state index contributed by atoms with van der Waals surface area (Å²) in [6, 6.07) is 10.6. The first-order valence-electron chi connectivity index (χ1n) is 7.48. The molecular formula is C17H15Cl2N3O4. The van der Waals surface area contributed by atoms with Crippen LogP contribution in [0.25, 0.3) is 0 Å². The van der Waals surface area contributed by atoms with Gasteiger partial charge >= 0.3 is 0 Å². The molecule has 0 aliphatic rings. The molecule has 0 aliphatic carbocycles. The Labute approximate surface area is 159 Å². The van der Waals surface area contributed by atoms with Crippen LogP contribution in [0.2, 0.25) is 10.0 Å². The normalized spacial score (nSPS) is 12.4. The van der Waals surface area contributed by atoms with E-state index in [1.807, 2.05) is 0 Å². The van der Waals surface area contributed by atoms with Gasteiger partial charge in [-0.25, -0.2) is 5.43 Å². The summed E-state index contributed by atoms with van der Waals surface area (Å²) in [6.45, 7) is 3.17. The molecule has 0 fully saturated rings. The van der Waals surface area contributed by atoms with Crippen LogP contribution in [-0.2, 0) is 4.79 Å². The van der Waals surface area contributed by atoms with Gasteiger partial charge in [-0.05, 0) is 32.0 Å². The lowest BCUT2D eigenvalue weighted by atomic mass is 10.1. The first-order chi connectivity index (χ1) is 12.3. The highest BCUT2D eigenvalue weighted by molar-refractivity contribution is 6.35. The third-order valence-corrected chi connectivity index (χ3v) is 3.91. The topological polar surface area (TPSA) is 93.8 Å². The van der Waals surface area contributed by atoms with Gasteiger partial charge in [-0.2, -0.15) is 5.10 Å². The van der Waals surface area contributed by atoms with Gasteiger partial charge in [0.15, 0.2) is 6.10 Å². The highest BCUT2D eigenvalue weighted by Gasteiger charge is 2.16. The molecule has 9 heteroatoms. The number of hydrogen-bond donors (Lipinski definition) is 1. The molecule has 1 unspecified atom stereocenters. The summed E-state index contributed by atoms with van der Waals surface area (Å²) >= 11 is 11.8. The Balaban J connectivity index is 2.03. The highest BCUT2D eigenvalue weighted by Crippen LogP contribution is 2.28. The van der Waals surface area contributed by atoms with Crippen LogP contribution in [0.3, 0.4) is 0 Å². The molecule has 7 nitrogen and oxygen atoms in total. The molecule has 0 aromatic heterocycles. The Kier molecular flexibility index (Phi) is 6.54. The molecule has 0 heterocycles. The van der Waals surface area contributed by atoms with E-state index in [1.54, 1.807) is 38.1 Å². The fourth-order valence-corrected chi connectivity index (χ4v) is 2.41. The van der Waals surface area contributed by atoms with E-state index in [9.17, 15) is 14.9 Å². The number of hydrogen-bond acceptors (Lipinski definition) is 5.